The standard InChI is InChI=1S/C18H24BrF3N2O2/c19-17-5-11-1-12(6-17)4-16(3-11,9-17)7-14(25)23-13-2-15(26)24(8-13)10-18(20,21)22/h11-13H,1-10H2,(H,23,25)/t11-,12-,13-,16?,17?/m1/s1. The van der Waals surface area contributed by atoms with Gasteiger partial charge in [0.2, 0.25) is 11.8 Å². The van der Waals surface area contributed by atoms with Crippen LogP contribution in [0.1, 0.15) is 51.4 Å². The van der Waals surface area contributed by atoms with E-state index in [2.05, 4.69) is 21.2 Å². The number of halogens is 4. The van der Waals surface area contributed by atoms with Gasteiger partial charge in [-0.15, -0.1) is 0 Å². The predicted molar refractivity (Wildman–Crippen MR) is 92.6 cm³/mol. The molecule has 4 bridgehead atoms. The molecule has 26 heavy (non-hydrogen) atoms. The summed E-state index contributed by atoms with van der Waals surface area (Å²) in [4.78, 5) is 25.2. The van der Waals surface area contributed by atoms with Gasteiger partial charge in [0.15, 0.2) is 0 Å². The van der Waals surface area contributed by atoms with Gasteiger partial charge in [-0.2, -0.15) is 13.2 Å². The SMILES string of the molecule is O=C(CC12C[C@H]3C[C@@H](CC(Br)(C3)C1)C2)N[C@@H]1CC(=O)N(CC(F)(F)F)C1. The highest BCUT2D eigenvalue weighted by Gasteiger charge is 2.57. The predicted octanol–water partition coefficient (Wildman–Crippen LogP) is 3.39. The van der Waals surface area contributed by atoms with Crippen LogP contribution in [0.4, 0.5) is 13.2 Å². The Bertz CT molecular complexity index is 610. The molecule has 5 rings (SSSR count). The molecule has 0 aromatic heterocycles. The Kier molecular flexibility index (Phi) is 4.36. The van der Waals surface area contributed by atoms with Crippen molar-refractivity contribution in [3.63, 3.8) is 0 Å². The van der Waals surface area contributed by atoms with Crippen molar-refractivity contribution in [3.8, 4) is 0 Å². The van der Waals surface area contributed by atoms with E-state index in [0.29, 0.717) is 18.3 Å². The highest BCUT2D eigenvalue weighted by atomic mass is 79.9. The van der Waals surface area contributed by atoms with Gasteiger partial charge in [-0.1, -0.05) is 15.9 Å². The van der Waals surface area contributed by atoms with E-state index in [9.17, 15) is 22.8 Å². The summed E-state index contributed by atoms with van der Waals surface area (Å²) in [6.07, 6.45) is 2.79. The fourth-order valence-corrected chi connectivity index (χ4v) is 7.91. The smallest absolute Gasteiger partial charge is 0.351 e. The molecule has 1 N–H and O–H groups in total. The van der Waals surface area contributed by atoms with Crippen LogP contribution in [0.5, 0.6) is 0 Å². The summed E-state index contributed by atoms with van der Waals surface area (Å²) in [7, 11) is 0. The van der Waals surface area contributed by atoms with Crippen LogP contribution < -0.4 is 5.32 Å². The molecule has 4 saturated carbocycles. The second-order valence-corrected chi connectivity index (χ2v) is 10.8. The van der Waals surface area contributed by atoms with Gasteiger partial charge in [-0.25, -0.2) is 0 Å². The zero-order valence-electron chi connectivity index (χ0n) is 14.6. The van der Waals surface area contributed by atoms with Crippen molar-refractivity contribution >= 4 is 27.7 Å². The number of alkyl halides is 4. The molecule has 4 aliphatic carbocycles. The van der Waals surface area contributed by atoms with Crippen molar-refractivity contribution in [2.24, 2.45) is 17.3 Å². The van der Waals surface area contributed by atoms with Crippen LogP contribution in [0.25, 0.3) is 0 Å². The molecule has 1 aliphatic heterocycles. The second-order valence-electron chi connectivity index (χ2n) is 9.15. The molecule has 4 nitrogen and oxygen atoms in total. The van der Waals surface area contributed by atoms with Crippen LogP contribution in [0, 0.1) is 17.3 Å². The van der Waals surface area contributed by atoms with Crippen LogP contribution in [-0.4, -0.2) is 46.3 Å². The molecule has 2 amide bonds. The summed E-state index contributed by atoms with van der Waals surface area (Å²) >= 11 is 3.92. The highest BCUT2D eigenvalue weighted by Crippen LogP contribution is 2.65. The third kappa shape index (κ3) is 3.76. The Hall–Kier alpha value is -0.790. The average Bonchev–Trinajstić information content (AvgIpc) is 2.72. The molecular weight excluding hydrogens is 413 g/mol. The molecule has 0 radical (unpaired) electrons. The van der Waals surface area contributed by atoms with Gasteiger partial charge in [-0.3, -0.25) is 9.59 Å². The number of carbonyl (C=O) groups is 2. The minimum Gasteiger partial charge on any atom is -0.351 e. The van der Waals surface area contributed by atoms with Crippen LogP contribution in [0.2, 0.25) is 0 Å². The topological polar surface area (TPSA) is 49.4 Å². The summed E-state index contributed by atoms with van der Waals surface area (Å²) in [5.74, 6) is 0.703. The Morgan fingerprint density at radius 1 is 1.23 bits per heavy atom. The van der Waals surface area contributed by atoms with Crippen molar-refractivity contribution in [3.05, 3.63) is 0 Å². The maximum atomic E-state index is 12.6. The Balaban J connectivity index is 1.34. The van der Waals surface area contributed by atoms with Crippen LogP contribution in [0.15, 0.2) is 0 Å². The lowest BCUT2D eigenvalue weighted by molar-refractivity contribution is -0.157. The Labute approximate surface area is 159 Å². The molecule has 146 valence electrons. The van der Waals surface area contributed by atoms with E-state index >= 15 is 0 Å². The maximum Gasteiger partial charge on any atom is 0.406 e. The minimum atomic E-state index is -4.40. The summed E-state index contributed by atoms with van der Waals surface area (Å²) in [6, 6.07) is -0.510. The van der Waals surface area contributed by atoms with Gasteiger partial charge in [0.25, 0.3) is 0 Å². The van der Waals surface area contributed by atoms with E-state index in [1.807, 2.05) is 0 Å². The minimum absolute atomic E-state index is 0.0198. The van der Waals surface area contributed by atoms with Crippen molar-refractivity contribution < 1.29 is 22.8 Å². The van der Waals surface area contributed by atoms with Gasteiger partial charge in [0, 0.05) is 23.7 Å². The van der Waals surface area contributed by atoms with Crippen molar-refractivity contribution in [2.45, 2.75) is 67.9 Å². The lowest BCUT2D eigenvalue weighted by Crippen LogP contribution is -2.54. The van der Waals surface area contributed by atoms with Gasteiger partial charge in [0.05, 0.1) is 6.04 Å². The van der Waals surface area contributed by atoms with Crippen LogP contribution >= 0.6 is 15.9 Å². The summed E-state index contributed by atoms with van der Waals surface area (Å²) in [5.41, 5.74) is 0.0198. The normalized spacial score (nSPS) is 41.8. The lowest BCUT2D eigenvalue weighted by Gasteiger charge is -2.60. The monoisotopic (exact) mass is 436 g/mol. The molecule has 3 atom stereocenters. The summed E-state index contributed by atoms with van der Waals surface area (Å²) in [5, 5.41) is 2.83. The van der Waals surface area contributed by atoms with Crippen molar-refractivity contribution in [2.75, 3.05) is 13.1 Å². The number of hydrogen-bond acceptors (Lipinski definition) is 2. The third-order valence-electron chi connectivity index (χ3n) is 6.60. The van der Waals surface area contributed by atoms with Gasteiger partial charge in [0.1, 0.15) is 6.54 Å². The van der Waals surface area contributed by atoms with E-state index in [1.54, 1.807) is 0 Å². The van der Waals surface area contributed by atoms with Crippen LogP contribution in [0.3, 0.4) is 0 Å². The van der Waals surface area contributed by atoms with Crippen molar-refractivity contribution in [1.82, 2.24) is 10.2 Å². The molecule has 0 spiro atoms. The van der Waals surface area contributed by atoms with Gasteiger partial charge < -0.3 is 10.2 Å². The van der Waals surface area contributed by atoms with Gasteiger partial charge >= 0.3 is 6.18 Å². The second kappa shape index (κ2) is 6.11. The first kappa shape index (κ1) is 18.6. The first-order chi connectivity index (χ1) is 12.0. The van der Waals surface area contributed by atoms with E-state index in [0.717, 1.165) is 24.2 Å². The molecule has 5 aliphatic rings. The Morgan fingerprint density at radius 3 is 2.46 bits per heavy atom. The van der Waals surface area contributed by atoms with Crippen molar-refractivity contribution in [1.29, 1.82) is 0 Å². The van der Waals surface area contributed by atoms with E-state index < -0.39 is 24.7 Å². The third-order valence-corrected chi connectivity index (χ3v) is 7.52. The fourth-order valence-electron chi connectivity index (χ4n) is 6.40. The lowest BCUT2D eigenvalue weighted by atomic mass is 9.48. The zero-order chi connectivity index (χ0) is 18.7. The summed E-state index contributed by atoms with van der Waals surface area (Å²) < 4.78 is 37.7. The average molecular weight is 437 g/mol. The van der Waals surface area contributed by atoms with E-state index in [1.165, 1.54) is 19.3 Å². The first-order valence-electron chi connectivity index (χ1n) is 9.36. The highest BCUT2D eigenvalue weighted by molar-refractivity contribution is 9.10. The molecule has 0 aromatic carbocycles. The number of rotatable bonds is 4. The molecule has 0 unspecified atom stereocenters. The maximum absolute atomic E-state index is 12.6. The molecule has 8 heteroatoms. The Morgan fingerprint density at radius 2 is 1.88 bits per heavy atom. The molecule has 0 aromatic rings. The molecule has 1 saturated heterocycles. The largest absolute Gasteiger partial charge is 0.406 e. The number of carbonyl (C=O) groups excluding carboxylic acids is 2. The molecule has 1 heterocycles. The number of nitrogens with zero attached hydrogens (tertiary/aromatic N) is 1. The van der Waals surface area contributed by atoms with Crippen LogP contribution in [-0.2, 0) is 9.59 Å². The van der Waals surface area contributed by atoms with E-state index in [4.69, 9.17) is 0 Å². The molecule has 5 fully saturated rings. The molecular formula is C18H24BrF3N2O2. The number of nitrogens with one attached hydrogen (secondary N) is 1. The summed E-state index contributed by atoms with van der Waals surface area (Å²) in [6.45, 7) is -1.29. The number of hydrogen-bond donors (Lipinski definition) is 1. The first-order valence-corrected chi connectivity index (χ1v) is 10.2. The number of likely N-dealkylation sites (tertiary alicyclic amines) is 1. The zero-order valence-corrected chi connectivity index (χ0v) is 16.2. The number of amides is 2. The quantitative estimate of drug-likeness (QED) is 0.686. The fraction of sp³-hybridized carbons (Fsp3) is 0.889. The van der Waals surface area contributed by atoms with E-state index in [-0.39, 0.29) is 28.6 Å². The van der Waals surface area contributed by atoms with Gasteiger partial charge in [-0.05, 0) is 55.8 Å².